The largest absolute Gasteiger partial charge is 0.480 e. The van der Waals surface area contributed by atoms with Gasteiger partial charge in [-0.05, 0) is 49.9 Å². The summed E-state index contributed by atoms with van der Waals surface area (Å²) in [5, 5.41) is 17.5. The number of amides is 1. The standard InChI is InChI=1S/C34H36F2N6O6S/c1-19-13-20(2)31(21(3)14-19)49(47,48)41-27(33(45)46)17-39-32(44)25-18-42(12-9-22-7-5-4-6-8-22)29-23(30(25)43)15-26(35)24(28(29)36)16-40-34-37-10-11-38-34/h4-8,13-15,18,27,41H,9-12,16-17H2,1-3H3,(H,39,44)(H,45,46)(H2,37,38,40). The van der Waals surface area contributed by atoms with Gasteiger partial charge in [-0.1, -0.05) is 48.0 Å². The van der Waals surface area contributed by atoms with Gasteiger partial charge in [0.1, 0.15) is 17.4 Å². The van der Waals surface area contributed by atoms with Crippen LogP contribution in [0.15, 0.2) is 69.4 Å². The van der Waals surface area contributed by atoms with E-state index in [1.54, 1.807) is 32.9 Å². The lowest BCUT2D eigenvalue weighted by Gasteiger charge is -2.19. The third-order valence-electron chi connectivity index (χ3n) is 8.12. The van der Waals surface area contributed by atoms with Crippen LogP contribution in [0.1, 0.15) is 38.2 Å². The Labute approximate surface area is 281 Å². The molecule has 1 atom stereocenters. The fourth-order valence-electron chi connectivity index (χ4n) is 5.92. The van der Waals surface area contributed by atoms with Crippen LogP contribution in [0.25, 0.3) is 10.9 Å². The molecule has 0 saturated heterocycles. The van der Waals surface area contributed by atoms with Gasteiger partial charge in [0, 0.05) is 37.9 Å². The van der Waals surface area contributed by atoms with E-state index >= 15 is 8.78 Å². The topological polar surface area (TPSA) is 171 Å². The van der Waals surface area contributed by atoms with Gasteiger partial charge in [-0.15, -0.1) is 0 Å². The summed E-state index contributed by atoms with van der Waals surface area (Å²) in [5.41, 5.74) is 0.491. The lowest BCUT2D eigenvalue weighted by atomic mass is 10.0. The van der Waals surface area contributed by atoms with Crippen LogP contribution in [0.4, 0.5) is 8.78 Å². The van der Waals surface area contributed by atoms with E-state index in [1.165, 1.54) is 4.57 Å². The number of nitrogens with one attached hydrogen (secondary N) is 4. The Morgan fingerprint density at radius 1 is 1.08 bits per heavy atom. The van der Waals surface area contributed by atoms with Crippen molar-refractivity contribution >= 4 is 38.8 Å². The molecule has 0 spiro atoms. The molecule has 5 rings (SSSR count). The zero-order valence-electron chi connectivity index (χ0n) is 27.1. The second kappa shape index (κ2) is 14.5. The molecule has 1 aliphatic heterocycles. The molecular weight excluding hydrogens is 658 g/mol. The number of aliphatic carboxylic acids is 1. The highest BCUT2D eigenvalue weighted by atomic mass is 32.2. The average Bonchev–Trinajstić information content (AvgIpc) is 3.56. The molecule has 0 radical (unpaired) electrons. The number of rotatable bonds is 12. The number of nitrogens with zero attached hydrogens (tertiary/aromatic N) is 2. The van der Waals surface area contributed by atoms with Crippen LogP contribution in [-0.2, 0) is 34.3 Å². The minimum atomic E-state index is -4.34. The number of hydrogen-bond acceptors (Lipinski definition) is 8. The number of aryl methyl sites for hydroxylation is 5. The van der Waals surface area contributed by atoms with E-state index in [0.717, 1.165) is 23.4 Å². The number of carbonyl (C=O) groups is 2. The van der Waals surface area contributed by atoms with E-state index in [9.17, 15) is 27.9 Å². The van der Waals surface area contributed by atoms with Crippen molar-refractivity contribution in [3.05, 3.63) is 110 Å². The Kier molecular flexibility index (Phi) is 10.4. The van der Waals surface area contributed by atoms with Crippen molar-refractivity contribution in [2.24, 2.45) is 4.99 Å². The summed E-state index contributed by atoms with van der Waals surface area (Å²) < 4.78 is 61.4. The third-order valence-corrected chi connectivity index (χ3v) is 9.90. The summed E-state index contributed by atoms with van der Waals surface area (Å²) in [4.78, 5) is 43.2. The van der Waals surface area contributed by atoms with E-state index < -0.39 is 62.5 Å². The summed E-state index contributed by atoms with van der Waals surface area (Å²) in [6.45, 7) is 5.17. The number of fused-ring (bicyclic) bond motifs is 1. The van der Waals surface area contributed by atoms with Crippen molar-refractivity contribution in [1.82, 2.24) is 25.2 Å². The quantitative estimate of drug-likeness (QED) is 0.151. The summed E-state index contributed by atoms with van der Waals surface area (Å²) >= 11 is 0. The molecule has 0 bridgehead atoms. The molecule has 3 aromatic carbocycles. The van der Waals surface area contributed by atoms with Gasteiger partial charge in [0.2, 0.25) is 15.5 Å². The second-order valence-electron chi connectivity index (χ2n) is 11.8. The van der Waals surface area contributed by atoms with Gasteiger partial charge in [-0.3, -0.25) is 19.4 Å². The summed E-state index contributed by atoms with van der Waals surface area (Å²) in [5.74, 6) is -4.24. The van der Waals surface area contributed by atoms with Crippen molar-refractivity contribution in [2.45, 2.75) is 51.2 Å². The Hall–Kier alpha value is -5.15. The number of carbonyl (C=O) groups excluding carboxylic acids is 1. The first-order valence-electron chi connectivity index (χ1n) is 15.5. The molecule has 5 N–H and O–H groups in total. The number of benzene rings is 3. The Balaban J connectivity index is 1.46. The molecular formula is C34H36F2N6O6S. The minimum Gasteiger partial charge on any atom is -0.480 e. The van der Waals surface area contributed by atoms with Crippen molar-refractivity contribution in [1.29, 1.82) is 0 Å². The lowest BCUT2D eigenvalue weighted by Crippen LogP contribution is -2.49. The predicted molar refractivity (Wildman–Crippen MR) is 180 cm³/mol. The maximum atomic E-state index is 16.1. The van der Waals surface area contributed by atoms with Crippen LogP contribution in [0, 0.1) is 32.4 Å². The van der Waals surface area contributed by atoms with E-state index in [2.05, 4.69) is 25.7 Å². The number of aliphatic imine (C=N–C) groups is 1. The molecule has 1 amide bonds. The van der Waals surface area contributed by atoms with Gasteiger partial charge in [0.25, 0.3) is 5.91 Å². The van der Waals surface area contributed by atoms with Gasteiger partial charge < -0.3 is 25.6 Å². The lowest BCUT2D eigenvalue weighted by molar-refractivity contribution is -0.138. The van der Waals surface area contributed by atoms with Gasteiger partial charge in [-0.25, -0.2) is 17.2 Å². The molecule has 12 nitrogen and oxygen atoms in total. The van der Waals surface area contributed by atoms with Crippen molar-refractivity contribution < 1.29 is 31.9 Å². The monoisotopic (exact) mass is 694 g/mol. The third kappa shape index (κ3) is 7.78. The molecule has 1 aromatic heterocycles. The van der Waals surface area contributed by atoms with Gasteiger partial charge in [0.15, 0.2) is 11.8 Å². The highest BCUT2D eigenvalue weighted by Gasteiger charge is 2.29. The Morgan fingerprint density at radius 3 is 2.41 bits per heavy atom. The van der Waals surface area contributed by atoms with Crippen molar-refractivity contribution in [3.8, 4) is 0 Å². The first-order valence-corrected chi connectivity index (χ1v) is 17.0. The number of hydrogen-bond donors (Lipinski definition) is 5. The number of guanidine groups is 1. The van der Waals surface area contributed by atoms with E-state index in [1.807, 2.05) is 30.3 Å². The molecule has 15 heteroatoms. The first kappa shape index (κ1) is 35.2. The zero-order chi connectivity index (χ0) is 35.5. The maximum Gasteiger partial charge on any atom is 0.323 e. The molecule has 1 unspecified atom stereocenters. The summed E-state index contributed by atoms with van der Waals surface area (Å²) in [7, 11) is -4.34. The smallest absolute Gasteiger partial charge is 0.323 e. The van der Waals surface area contributed by atoms with Crippen LogP contribution in [-0.4, -0.2) is 61.6 Å². The fraction of sp³-hybridized carbons (Fsp3) is 0.294. The molecule has 1 aliphatic rings. The van der Waals surface area contributed by atoms with Crippen LogP contribution in [0.3, 0.4) is 0 Å². The number of sulfonamides is 1. The second-order valence-corrected chi connectivity index (χ2v) is 13.5. The summed E-state index contributed by atoms with van der Waals surface area (Å²) in [6, 6.07) is 11.5. The minimum absolute atomic E-state index is 0.0855. The van der Waals surface area contributed by atoms with Gasteiger partial charge in [-0.2, -0.15) is 4.72 Å². The first-order chi connectivity index (χ1) is 23.3. The van der Waals surface area contributed by atoms with Crippen LogP contribution >= 0.6 is 0 Å². The molecule has 0 saturated carbocycles. The Bertz CT molecular complexity index is 2110. The molecule has 0 aliphatic carbocycles. The van der Waals surface area contributed by atoms with Crippen LogP contribution < -0.4 is 26.1 Å². The predicted octanol–water partition coefficient (Wildman–Crippen LogP) is 2.66. The molecule has 49 heavy (non-hydrogen) atoms. The van der Waals surface area contributed by atoms with E-state index in [4.69, 9.17) is 0 Å². The summed E-state index contributed by atoms with van der Waals surface area (Å²) in [6.07, 6.45) is 1.51. The SMILES string of the molecule is Cc1cc(C)c(S(=O)(=O)NC(CNC(=O)c2cn(CCc3ccccc3)c3c(F)c(CNC4=NCCN4)c(F)cc3c2=O)C(=O)O)c(C)c1. The van der Waals surface area contributed by atoms with E-state index in [-0.39, 0.29) is 29.1 Å². The molecule has 0 fully saturated rings. The molecule has 4 aromatic rings. The van der Waals surface area contributed by atoms with Crippen molar-refractivity contribution in [3.63, 3.8) is 0 Å². The highest BCUT2D eigenvalue weighted by molar-refractivity contribution is 7.89. The van der Waals surface area contributed by atoms with Crippen LogP contribution in [0.2, 0.25) is 0 Å². The number of aromatic nitrogens is 1. The average molecular weight is 695 g/mol. The number of carboxylic acid groups (broad SMARTS) is 1. The highest BCUT2D eigenvalue weighted by Crippen LogP contribution is 2.25. The molecule has 2 heterocycles. The number of halogens is 2. The Morgan fingerprint density at radius 2 is 1.78 bits per heavy atom. The van der Waals surface area contributed by atoms with E-state index in [0.29, 0.717) is 36.6 Å². The maximum absolute atomic E-state index is 16.1. The van der Waals surface area contributed by atoms with Gasteiger partial charge >= 0.3 is 5.97 Å². The molecule has 258 valence electrons. The number of carboxylic acids is 1. The van der Waals surface area contributed by atoms with Crippen LogP contribution in [0.5, 0.6) is 0 Å². The normalized spacial score (nSPS) is 13.5. The van der Waals surface area contributed by atoms with Gasteiger partial charge in [0.05, 0.1) is 22.3 Å². The fourth-order valence-corrected chi connectivity index (χ4v) is 7.56. The zero-order valence-corrected chi connectivity index (χ0v) is 27.9. The number of pyridine rings is 1. The van der Waals surface area contributed by atoms with Crippen molar-refractivity contribution in [2.75, 3.05) is 19.6 Å².